The second-order valence-corrected chi connectivity index (χ2v) is 7.71. The minimum atomic E-state index is -1.35. The molecular weight excluding hydrogens is 376 g/mol. The average Bonchev–Trinajstić information content (AvgIpc) is 2.97. The number of hydrogen-bond acceptors (Lipinski definition) is 3. The zero-order valence-corrected chi connectivity index (χ0v) is 16.6. The van der Waals surface area contributed by atoms with Crippen molar-refractivity contribution in [1.82, 2.24) is 5.32 Å². The van der Waals surface area contributed by atoms with Crippen molar-refractivity contribution in [2.75, 3.05) is 5.32 Å². The van der Waals surface area contributed by atoms with E-state index in [0.29, 0.717) is 12.1 Å². The normalized spacial score (nSPS) is 20.6. The molecule has 1 aliphatic heterocycles. The van der Waals surface area contributed by atoms with Crippen molar-refractivity contribution in [1.29, 1.82) is 0 Å². The lowest BCUT2D eigenvalue weighted by Crippen LogP contribution is -2.45. The molecule has 0 radical (unpaired) electrons. The molecule has 0 spiro atoms. The first-order chi connectivity index (χ1) is 14.5. The van der Waals surface area contributed by atoms with Crippen LogP contribution in [0.5, 0.6) is 0 Å². The summed E-state index contributed by atoms with van der Waals surface area (Å²) in [6, 6.07) is 26.6. The average molecular weight is 398 g/mol. The topological polar surface area (TPSA) is 75.3 Å². The van der Waals surface area contributed by atoms with Gasteiger partial charge < -0.3 is 10.6 Å². The summed E-state index contributed by atoms with van der Waals surface area (Å²) in [6.07, 6.45) is 0.341. The third kappa shape index (κ3) is 3.87. The van der Waals surface area contributed by atoms with Gasteiger partial charge in [-0.2, -0.15) is 0 Å². The van der Waals surface area contributed by atoms with Crippen LogP contribution in [-0.2, 0) is 20.8 Å². The van der Waals surface area contributed by atoms with E-state index in [1.807, 2.05) is 72.8 Å². The van der Waals surface area contributed by atoms with E-state index in [0.717, 1.165) is 16.7 Å². The van der Waals surface area contributed by atoms with Gasteiger partial charge in [0.1, 0.15) is 5.54 Å². The van der Waals surface area contributed by atoms with E-state index in [4.69, 9.17) is 0 Å². The predicted molar refractivity (Wildman–Crippen MR) is 116 cm³/mol. The minimum absolute atomic E-state index is 0.341. The maximum absolute atomic E-state index is 13.0. The molecule has 5 nitrogen and oxygen atoms in total. The highest BCUT2D eigenvalue weighted by Gasteiger charge is 2.52. The van der Waals surface area contributed by atoms with E-state index in [9.17, 15) is 14.4 Å². The Morgan fingerprint density at radius 3 is 2.07 bits per heavy atom. The molecule has 3 aromatic carbocycles. The Hall–Kier alpha value is -3.73. The van der Waals surface area contributed by atoms with Gasteiger partial charge in [0, 0.05) is 12.1 Å². The molecule has 2 unspecified atom stereocenters. The lowest BCUT2D eigenvalue weighted by atomic mass is 9.86. The van der Waals surface area contributed by atoms with Gasteiger partial charge in [0.25, 0.3) is 0 Å². The van der Waals surface area contributed by atoms with Gasteiger partial charge in [-0.25, -0.2) is 0 Å². The summed E-state index contributed by atoms with van der Waals surface area (Å²) in [7, 11) is 0. The van der Waals surface area contributed by atoms with Crippen molar-refractivity contribution in [2.45, 2.75) is 18.9 Å². The molecule has 1 fully saturated rings. The fourth-order valence-corrected chi connectivity index (χ4v) is 3.81. The third-order valence-corrected chi connectivity index (χ3v) is 5.39. The van der Waals surface area contributed by atoms with Crippen LogP contribution in [0.3, 0.4) is 0 Å². The zero-order valence-electron chi connectivity index (χ0n) is 16.6. The van der Waals surface area contributed by atoms with Gasteiger partial charge in [0.2, 0.25) is 11.8 Å². The molecule has 3 aromatic rings. The van der Waals surface area contributed by atoms with Gasteiger partial charge in [0.15, 0.2) is 11.7 Å². The van der Waals surface area contributed by atoms with Crippen LogP contribution in [0.4, 0.5) is 5.69 Å². The number of rotatable bonds is 5. The number of ketones is 1. The third-order valence-electron chi connectivity index (χ3n) is 5.39. The van der Waals surface area contributed by atoms with E-state index in [-0.39, 0.29) is 0 Å². The van der Waals surface area contributed by atoms with Crippen LogP contribution in [0.25, 0.3) is 11.1 Å². The van der Waals surface area contributed by atoms with Gasteiger partial charge in [-0.3, -0.25) is 14.4 Å². The predicted octanol–water partition coefficient (Wildman–Crippen LogP) is 3.61. The second kappa shape index (κ2) is 7.95. The molecule has 1 aliphatic rings. The van der Waals surface area contributed by atoms with Gasteiger partial charge in [-0.1, -0.05) is 72.8 Å². The number of hydrogen-bond donors (Lipinski definition) is 2. The Morgan fingerprint density at radius 2 is 1.43 bits per heavy atom. The largest absolute Gasteiger partial charge is 0.342 e. The van der Waals surface area contributed by atoms with Gasteiger partial charge >= 0.3 is 0 Å². The second-order valence-electron chi connectivity index (χ2n) is 7.71. The number of anilines is 1. The van der Waals surface area contributed by atoms with E-state index in [2.05, 4.69) is 10.6 Å². The first-order valence-corrected chi connectivity index (χ1v) is 9.83. The maximum Gasteiger partial charge on any atom is 0.244 e. The fraction of sp³-hybridized carbons (Fsp3) is 0.160. The van der Waals surface area contributed by atoms with E-state index >= 15 is 0 Å². The summed E-state index contributed by atoms with van der Waals surface area (Å²) in [5, 5.41) is 5.43. The SMILES string of the molecule is CC1(Cc2ccccc2)NC(=O)C(C(=O)Nc2ccc(-c3ccccc3)cc2)C1=O. The molecule has 0 saturated carbocycles. The molecule has 1 heterocycles. The number of amides is 2. The summed E-state index contributed by atoms with van der Waals surface area (Å²) in [4.78, 5) is 38.2. The molecule has 2 atom stereocenters. The van der Waals surface area contributed by atoms with Crippen LogP contribution in [-0.4, -0.2) is 23.1 Å². The Labute approximate surface area is 175 Å². The standard InChI is InChI=1S/C25H22N2O3/c1-25(16-17-8-4-2-5-9-17)22(28)21(24(30)27-25)23(29)26-20-14-12-19(13-15-20)18-10-6-3-7-11-18/h2-15,21H,16H2,1H3,(H,26,29)(H,27,30). The summed E-state index contributed by atoms with van der Waals surface area (Å²) < 4.78 is 0. The Balaban J connectivity index is 1.47. The molecule has 1 saturated heterocycles. The highest BCUT2D eigenvalue weighted by Crippen LogP contribution is 2.27. The summed E-state index contributed by atoms with van der Waals surface area (Å²) in [5.74, 6) is -2.93. The van der Waals surface area contributed by atoms with E-state index < -0.39 is 29.1 Å². The van der Waals surface area contributed by atoms with Crippen LogP contribution in [0.1, 0.15) is 12.5 Å². The van der Waals surface area contributed by atoms with Gasteiger partial charge in [-0.05, 0) is 35.7 Å². The van der Waals surface area contributed by atoms with Crippen molar-refractivity contribution in [3.63, 3.8) is 0 Å². The maximum atomic E-state index is 13.0. The number of carbonyl (C=O) groups is 3. The molecule has 5 heteroatoms. The van der Waals surface area contributed by atoms with Crippen molar-refractivity contribution in [3.8, 4) is 11.1 Å². The molecule has 0 aliphatic carbocycles. The molecule has 30 heavy (non-hydrogen) atoms. The Kier molecular flexibility index (Phi) is 5.19. The molecular formula is C25H22N2O3. The molecule has 2 N–H and O–H groups in total. The van der Waals surface area contributed by atoms with Crippen LogP contribution in [0.2, 0.25) is 0 Å². The van der Waals surface area contributed by atoms with Crippen LogP contribution in [0.15, 0.2) is 84.9 Å². The van der Waals surface area contributed by atoms with E-state index in [1.165, 1.54) is 0 Å². The highest BCUT2D eigenvalue weighted by atomic mass is 16.2. The molecule has 2 amide bonds. The Bertz CT molecular complexity index is 1080. The fourth-order valence-electron chi connectivity index (χ4n) is 3.81. The monoisotopic (exact) mass is 398 g/mol. The van der Waals surface area contributed by atoms with Crippen molar-refractivity contribution < 1.29 is 14.4 Å². The van der Waals surface area contributed by atoms with Crippen molar-refractivity contribution in [2.24, 2.45) is 5.92 Å². The van der Waals surface area contributed by atoms with E-state index in [1.54, 1.807) is 19.1 Å². The van der Waals surface area contributed by atoms with Crippen LogP contribution in [0, 0.1) is 5.92 Å². The smallest absolute Gasteiger partial charge is 0.244 e. The van der Waals surface area contributed by atoms with Crippen molar-refractivity contribution in [3.05, 3.63) is 90.5 Å². The minimum Gasteiger partial charge on any atom is -0.342 e. The van der Waals surface area contributed by atoms with Gasteiger partial charge in [0.05, 0.1) is 0 Å². The first kappa shape index (κ1) is 19.6. The number of benzene rings is 3. The summed E-state index contributed by atoms with van der Waals surface area (Å²) in [5.41, 5.74) is 2.44. The summed E-state index contributed by atoms with van der Waals surface area (Å²) in [6.45, 7) is 1.67. The quantitative estimate of drug-likeness (QED) is 0.645. The number of Topliss-reactive ketones (excluding diaryl/α,β-unsaturated/α-hetero) is 1. The highest BCUT2D eigenvalue weighted by molar-refractivity contribution is 6.27. The first-order valence-electron chi connectivity index (χ1n) is 9.83. The van der Waals surface area contributed by atoms with Gasteiger partial charge in [-0.15, -0.1) is 0 Å². The number of carbonyl (C=O) groups excluding carboxylic acids is 3. The zero-order chi connectivity index (χ0) is 21.1. The molecule has 0 aromatic heterocycles. The Morgan fingerprint density at radius 1 is 0.867 bits per heavy atom. The summed E-state index contributed by atoms with van der Waals surface area (Å²) >= 11 is 0. The molecule has 0 bridgehead atoms. The lowest BCUT2D eigenvalue weighted by Gasteiger charge is -2.22. The van der Waals surface area contributed by atoms with Crippen LogP contribution < -0.4 is 10.6 Å². The van der Waals surface area contributed by atoms with Crippen molar-refractivity contribution >= 4 is 23.3 Å². The molecule has 150 valence electrons. The lowest BCUT2D eigenvalue weighted by molar-refractivity contribution is -0.135. The van der Waals surface area contributed by atoms with Crippen LogP contribution >= 0.6 is 0 Å². The molecule has 4 rings (SSSR count). The number of nitrogens with one attached hydrogen (secondary N) is 2.